The molecular formula is C12H20N4O2S. The molecule has 19 heavy (non-hydrogen) atoms. The number of methoxy groups -OCH3 is 1. The molecule has 6 nitrogen and oxygen atoms in total. The van der Waals surface area contributed by atoms with Crippen molar-refractivity contribution in [2.75, 3.05) is 38.4 Å². The lowest BCUT2D eigenvalue weighted by Gasteiger charge is -2.34. The summed E-state index contributed by atoms with van der Waals surface area (Å²) in [7, 11) is 3.48. The number of carbonyl (C=O) groups excluding carboxylic acids is 1. The Hall–Kier alpha value is -1.34. The molecule has 0 bridgehead atoms. The molecule has 2 rings (SSSR count). The molecular weight excluding hydrogens is 264 g/mol. The summed E-state index contributed by atoms with van der Waals surface area (Å²) in [5.74, 6) is 0.278. The van der Waals surface area contributed by atoms with E-state index in [9.17, 15) is 4.79 Å². The van der Waals surface area contributed by atoms with Gasteiger partial charge in [0.2, 0.25) is 0 Å². The van der Waals surface area contributed by atoms with Crippen molar-refractivity contribution in [3.05, 3.63) is 4.88 Å². The third kappa shape index (κ3) is 3.16. The Bertz CT molecular complexity index is 445. The van der Waals surface area contributed by atoms with Gasteiger partial charge in [-0.3, -0.25) is 4.79 Å². The molecule has 1 fully saturated rings. The second kappa shape index (κ2) is 6.21. The number of thiazole rings is 1. The van der Waals surface area contributed by atoms with Crippen molar-refractivity contribution in [1.82, 2.24) is 9.88 Å². The predicted molar refractivity (Wildman–Crippen MR) is 76.6 cm³/mol. The van der Waals surface area contributed by atoms with Gasteiger partial charge in [0.15, 0.2) is 5.13 Å². The van der Waals surface area contributed by atoms with Crippen LogP contribution in [0, 0.1) is 0 Å². The standard InChI is InChI=1S/C12H20N4O2S/c1-16(8-4-3-5-8)11(17)9-10(13)15-12(19-9)14-6-7-18-2/h8H,3-7,13H2,1-2H3,(H,14,15). The molecule has 0 unspecified atom stereocenters. The summed E-state index contributed by atoms with van der Waals surface area (Å²) in [5, 5.41) is 3.76. The van der Waals surface area contributed by atoms with Crippen LogP contribution in [0.4, 0.5) is 10.9 Å². The van der Waals surface area contributed by atoms with Gasteiger partial charge in [-0.05, 0) is 19.3 Å². The van der Waals surface area contributed by atoms with Crippen LogP contribution in [0.1, 0.15) is 28.9 Å². The lowest BCUT2D eigenvalue weighted by atomic mass is 9.92. The van der Waals surface area contributed by atoms with Crippen molar-refractivity contribution < 1.29 is 9.53 Å². The van der Waals surface area contributed by atoms with Crippen LogP contribution in [0.5, 0.6) is 0 Å². The van der Waals surface area contributed by atoms with Crippen molar-refractivity contribution in [1.29, 1.82) is 0 Å². The first-order valence-electron chi connectivity index (χ1n) is 6.39. The lowest BCUT2D eigenvalue weighted by molar-refractivity contribution is 0.0658. The first-order valence-corrected chi connectivity index (χ1v) is 7.21. The fourth-order valence-electron chi connectivity index (χ4n) is 1.92. The Morgan fingerprint density at radius 3 is 2.95 bits per heavy atom. The van der Waals surface area contributed by atoms with Crippen LogP contribution in [0.25, 0.3) is 0 Å². The van der Waals surface area contributed by atoms with E-state index in [0.717, 1.165) is 12.8 Å². The van der Waals surface area contributed by atoms with Crippen LogP contribution in [-0.2, 0) is 4.74 Å². The highest BCUT2D eigenvalue weighted by atomic mass is 32.1. The van der Waals surface area contributed by atoms with Crippen LogP contribution in [0.2, 0.25) is 0 Å². The average molecular weight is 284 g/mol. The number of nitrogens with one attached hydrogen (secondary N) is 1. The molecule has 0 aliphatic heterocycles. The van der Waals surface area contributed by atoms with E-state index in [1.54, 1.807) is 12.0 Å². The molecule has 106 valence electrons. The fraction of sp³-hybridized carbons (Fsp3) is 0.667. The van der Waals surface area contributed by atoms with E-state index in [2.05, 4.69) is 10.3 Å². The third-order valence-electron chi connectivity index (χ3n) is 3.37. The van der Waals surface area contributed by atoms with Gasteiger partial charge in [0.05, 0.1) is 6.61 Å². The Morgan fingerprint density at radius 2 is 2.37 bits per heavy atom. The molecule has 1 aliphatic rings. The molecule has 1 aromatic heterocycles. The Morgan fingerprint density at radius 1 is 1.63 bits per heavy atom. The van der Waals surface area contributed by atoms with E-state index in [4.69, 9.17) is 10.5 Å². The highest BCUT2D eigenvalue weighted by Crippen LogP contribution is 2.30. The van der Waals surface area contributed by atoms with Crippen LogP contribution >= 0.6 is 11.3 Å². The summed E-state index contributed by atoms with van der Waals surface area (Å²) in [5.41, 5.74) is 5.82. The molecule has 1 aliphatic carbocycles. The minimum absolute atomic E-state index is 0.0282. The predicted octanol–water partition coefficient (Wildman–Crippen LogP) is 1.41. The first kappa shape index (κ1) is 14.1. The van der Waals surface area contributed by atoms with E-state index in [1.807, 2.05) is 7.05 Å². The number of nitrogens with zero attached hydrogens (tertiary/aromatic N) is 2. The van der Waals surface area contributed by atoms with E-state index in [0.29, 0.717) is 35.0 Å². The number of anilines is 2. The van der Waals surface area contributed by atoms with Gasteiger partial charge in [0, 0.05) is 26.7 Å². The molecule has 1 amide bonds. The molecule has 0 saturated heterocycles. The Kier molecular flexibility index (Phi) is 4.60. The second-order valence-electron chi connectivity index (χ2n) is 4.65. The van der Waals surface area contributed by atoms with Gasteiger partial charge in [-0.25, -0.2) is 4.98 Å². The minimum Gasteiger partial charge on any atom is -0.383 e. The number of nitrogens with two attached hydrogens (primary N) is 1. The van der Waals surface area contributed by atoms with Gasteiger partial charge in [0.1, 0.15) is 10.7 Å². The summed E-state index contributed by atoms with van der Waals surface area (Å²) in [6.45, 7) is 1.24. The normalized spacial score (nSPS) is 15.1. The largest absolute Gasteiger partial charge is 0.383 e. The van der Waals surface area contributed by atoms with E-state index < -0.39 is 0 Å². The van der Waals surface area contributed by atoms with Gasteiger partial charge in [-0.1, -0.05) is 11.3 Å². The number of rotatable bonds is 6. The van der Waals surface area contributed by atoms with Gasteiger partial charge >= 0.3 is 0 Å². The van der Waals surface area contributed by atoms with Crippen molar-refractivity contribution in [3.63, 3.8) is 0 Å². The van der Waals surface area contributed by atoms with Gasteiger partial charge in [-0.2, -0.15) is 0 Å². The molecule has 0 spiro atoms. The summed E-state index contributed by atoms with van der Waals surface area (Å²) in [6.07, 6.45) is 3.37. The summed E-state index contributed by atoms with van der Waals surface area (Å²) in [4.78, 5) is 18.8. The van der Waals surface area contributed by atoms with Crippen molar-refractivity contribution >= 4 is 28.2 Å². The van der Waals surface area contributed by atoms with Crippen molar-refractivity contribution in [2.24, 2.45) is 0 Å². The first-order chi connectivity index (χ1) is 9.13. The van der Waals surface area contributed by atoms with Crippen LogP contribution in [0.3, 0.4) is 0 Å². The minimum atomic E-state index is -0.0282. The topological polar surface area (TPSA) is 80.5 Å². The van der Waals surface area contributed by atoms with Crippen molar-refractivity contribution in [3.8, 4) is 0 Å². The van der Waals surface area contributed by atoms with Crippen LogP contribution in [-0.4, -0.2) is 49.1 Å². The molecule has 0 aromatic carbocycles. The molecule has 1 heterocycles. The molecule has 3 N–H and O–H groups in total. The Balaban J connectivity index is 2.00. The number of ether oxygens (including phenoxy) is 1. The van der Waals surface area contributed by atoms with Gasteiger partial charge in [-0.15, -0.1) is 0 Å². The quantitative estimate of drug-likeness (QED) is 0.772. The maximum atomic E-state index is 12.3. The number of nitrogen functional groups attached to an aromatic ring is 1. The smallest absolute Gasteiger partial charge is 0.267 e. The number of carbonyl (C=O) groups is 1. The SMILES string of the molecule is COCCNc1nc(N)c(C(=O)N(C)C2CCC2)s1. The highest BCUT2D eigenvalue weighted by molar-refractivity contribution is 7.18. The molecule has 0 atom stereocenters. The zero-order valence-corrected chi connectivity index (χ0v) is 12.1. The average Bonchev–Trinajstić information content (AvgIpc) is 2.67. The summed E-state index contributed by atoms with van der Waals surface area (Å²) < 4.78 is 4.95. The number of aromatic nitrogens is 1. The number of amides is 1. The molecule has 1 aromatic rings. The van der Waals surface area contributed by atoms with E-state index >= 15 is 0 Å². The summed E-state index contributed by atoms with van der Waals surface area (Å²) >= 11 is 1.30. The number of hydrogen-bond acceptors (Lipinski definition) is 6. The number of hydrogen-bond donors (Lipinski definition) is 2. The Labute approximate surface area is 116 Å². The van der Waals surface area contributed by atoms with Gasteiger partial charge < -0.3 is 20.7 Å². The van der Waals surface area contributed by atoms with Crippen LogP contribution < -0.4 is 11.1 Å². The summed E-state index contributed by atoms with van der Waals surface area (Å²) in [6, 6.07) is 0.360. The maximum Gasteiger partial charge on any atom is 0.267 e. The van der Waals surface area contributed by atoms with Crippen molar-refractivity contribution in [2.45, 2.75) is 25.3 Å². The second-order valence-corrected chi connectivity index (χ2v) is 5.65. The molecule has 1 saturated carbocycles. The highest BCUT2D eigenvalue weighted by Gasteiger charge is 2.28. The zero-order valence-electron chi connectivity index (χ0n) is 11.3. The fourth-order valence-corrected chi connectivity index (χ4v) is 2.81. The lowest BCUT2D eigenvalue weighted by Crippen LogP contribution is -2.41. The van der Waals surface area contributed by atoms with E-state index in [-0.39, 0.29) is 5.91 Å². The van der Waals surface area contributed by atoms with Gasteiger partial charge in [0.25, 0.3) is 5.91 Å². The zero-order chi connectivity index (χ0) is 13.8. The monoisotopic (exact) mass is 284 g/mol. The third-order valence-corrected chi connectivity index (χ3v) is 4.39. The maximum absolute atomic E-state index is 12.3. The van der Waals surface area contributed by atoms with Crippen LogP contribution in [0.15, 0.2) is 0 Å². The van der Waals surface area contributed by atoms with E-state index in [1.165, 1.54) is 17.8 Å². The molecule has 0 radical (unpaired) electrons. The molecule has 7 heteroatoms.